The van der Waals surface area contributed by atoms with Crippen molar-refractivity contribution < 1.29 is 14.7 Å². The van der Waals surface area contributed by atoms with Crippen molar-refractivity contribution in [2.45, 2.75) is 27.2 Å². The Morgan fingerprint density at radius 3 is 2.59 bits per heavy atom. The summed E-state index contributed by atoms with van der Waals surface area (Å²) in [5, 5.41) is 11.7. The maximum absolute atomic E-state index is 12.5. The second kappa shape index (κ2) is 6.92. The van der Waals surface area contributed by atoms with E-state index in [1.54, 1.807) is 4.90 Å². The van der Waals surface area contributed by atoms with Gasteiger partial charge in [-0.25, -0.2) is 0 Å². The third-order valence-electron chi connectivity index (χ3n) is 3.98. The molecule has 0 bridgehead atoms. The highest BCUT2D eigenvalue weighted by Crippen LogP contribution is 2.27. The fourth-order valence-electron chi connectivity index (χ4n) is 2.75. The highest BCUT2D eigenvalue weighted by atomic mass is 16.3. The number of nitrogens with zero attached hydrogens (tertiary/aromatic N) is 1. The molecule has 0 aromatic heterocycles. The first-order chi connectivity index (χ1) is 10.4. The topological polar surface area (TPSA) is 69.6 Å². The third-order valence-corrected chi connectivity index (χ3v) is 3.98. The fourth-order valence-corrected chi connectivity index (χ4v) is 2.75. The minimum Gasteiger partial charge on any atom is -0.396 e. The number of aliphatic hydroxyl groups excluding tert-OH is 1. The molecule has 22 heavy (non-hydrogen) atoms. The molecule has 120 valence electrons. The van der Waals surface area contributed by atoms with Crippen molar-refractivity contribution >= 4 is 17.5 Å². The number of nitrogens with one attached hydrogen (secondary N) is 1. The zero-order valence-corrected chi connectivity index (χ0v) is 13.4. The molecular weight excluding hydrogens is 280 g/mol. The molecule has 0 spiro atoms. The van der Waals surface area contributed by atoms with Crippen LogP contribution in [0.5, 0.6) is 0 Å². The highest BCUT2D eigenvalue weighted by Gasteiger charge is 2.37. The van der Waals surface area contributed by atoms with Crippen LogP contribution in [-0.2, 0) is 9.59 Å². The van der Waals surface area contributed by atoms with E-state index in [0.29, 0.717) is 19.5 Å². The summed E-state index contributed by atoms with van der Waals surface area (Å²) in [6.07, 6.45) is 0.533. The predicted molar refractivity (Wildman–Crippen MR) is 85.6 cm³/mol. The van der Waals surface area contributed by atoms with Crippen LogP contribution < -0.4 is 10.2 Å². The monoisotopic (exact) mass is 304 g/mol. The number of hydrogen-bond donors (Lipinski definition) is 2. The summed E-state index contributed by atoms with van der Waals surface area (Å²) in [5.74, 6) is -1.00. The number of rotatable bonds is 5. The van der Waals surface area contributed by atoms with Gasteiger partial charge in [-0.05, 0) is 49.4 Å². The molecule has 0 saturated carbocycles. The average Bonchev–Trinajstić information content (AvgIpc) is 2.85. The summed E-state index contributed by atoms with van der Waals surface area (Å²) < 4.78 is 0. The largest absolute Gasteiger partial charge is 0.396 e. The molecule has 2 atom stereocenters. The molecule has 1 saturated heterocycles. The lowest BCUT2D eigenvalue weighted by molar-refractivity contribution is -0.132. The smallest absolute Gasteiger partial charge is 0.239 e. The number of aliphatic hydroxyl groups is 1. The van der Waals surface area contributed by atoms with Crippen molar-refractivity contribution in [1.82, 2.24) is 5.32 Å². The first-order valence-corrected chi connectivity index (χ1v) is 7.70. The van der Waals surface area contributed by atoms with Crippen LogP contribution in [0.15, 0.2) is 18.2 Å². The number of aryl methyl sites for hydroxylation is 2. The van der Waals surface area contributed by atoms with E-state index < -0.39 is 5.92 Å². The van der Waals surface area contributed by atoms with E-state index in [2.05, 4.69) is 11.4 Å². The molecule has 1 heterocycles. The highest BCUT2D eigenvalue weighted by molar-refractivity contribution is 6.09. The second-order valence-corrected chi connectivity index (χ2v) is 6.21. The zero-order chi connectivity index (χ0) is 16.3. The maximum atomic E-state index is 12.5. The molecule has 1 aromatic rings. The summed E-state index contributed by atoms with van der Waals surface area (Å²) in [4.78, 5) is 26.3. The molecule has 1 aromatic carbocycles. The van der Waals surface area contributed by atoms with E-state index in [0.717, 1.165) is 16.8 Å². The Labute approximate surface area is 131 Å². The van der Waals surface area contributed by atoms with E-state index in [-0.39, 0.29) is 24.3 Å². The van der Waals surface area contributed by atoms with Gasteiger partial charge in [0.05, 0.1) is 0 Å². The average molecular weight is 304 g/mol. The number of hydrogen-bond acceptors (Lipinski definition) is 3. The lowest BCUT2D eigenvalue weighted by atomic mass is 10.1. The Balaban J connectivity index is 2.04. The van der Waals surface area contributed by atoms with Gasteiger partial charge in [0.25, 0.3) is 0 Å². The summed E-state index contributed by atoms with van der Waals surface area (Å²) >= 11 is 0. The fraction of sp³-hybridized carbons (Fsp3) is 0.529. The number of amides is 2. The van der Waals surface area contributed by atoms with Gasteiger partial charge in [0.2, 0.25) is 11.8 Å². The van der Waals surface area contributed by atoms with E-state index in [9.17, 15) is 9.59 Å². The van der Waals surface area contributed by atoms with E-state index >= 15 is 0 Å². The number of carbonyl (C=O) groups is 2. The zero-order valence-electron chi connectivity index (χ0n) is 13.4. The van der Waals surface area contributed by atoms with Crippen molar-refractivity contribution in [2.75, 3.05) is 24.6 Å². The van der Waals surface area contributed by atoms with Gasteiger partial charge < -0.3 is 15.3 Å². The van der Waals surface area contributed by atoms with Crippen LogP contribution in [-0.4, -0.2) is 36.6 Å². The van der Waals surface area contributed by atoms with Crippen LogP contribution in [0, 0.1) is 25.7 Å². The minimum atomic E-state index is -0.619. The van der Waals surface area contributed by atoms with E-state index in [4.69, 9.17) is 5.11 Å². The van der Waals surface area contributed by atoms with Gasteiger partial charge in [-0.1, -0.05) is 13.0 Å². The van der Waals surface area contributed by atoms with E-state index in [1.807, 2.05) is 32.9 Å². The second-order valence-electron chi connectivity index (χ2n) is 6.21. The summed E-state index contributed by atoms with van der Waals surface area (Å²) in [6, 6.07) is 6.00. The van der Waals surface area contributed by atoms with Crippen LogP contribution in [0.4, 0.5) is 5.69 Å². The Bertz CT molecular complexity index is 551. The van der Waals surface area contributed by atoms with Gasteiger partial charge in [0, 0.05) is 25.4 Å². The van der Waals surface area contributed by atoms with Gasteiger partial charge >= 0.3 is 0 Å². The quantitative estimate of drug-likeness (QED) is 0.808. The Morgan fingerprint density at radius 1 is 1.36 bits per heavy atom. The van der Waals surface area contributed by atoms with Crippen LogP contribution >= 0.6 is 0 Å². The van der Waals surface area contributed by atoms with Crippen molar-refractivity contribution in [3.63, 3.8) is 0 Å². The number of benzene rings is 1. The molecule has 2 N–H and O–H groups in total. The lowest BCUT2D eigenvalue weighted by Gasteiger charge is -2.18. The van der Waals surface area contributed by atoms with Crippen LogP contribution in [0.25, 0.3) is 0 Å². The predicted octanol–water partition coefficient (Wildman–Crippen LogP) is 1.40. The van der Waals surface area contributed by atoms with Gasteiger partial charge in [0.1, 0.15) is 5.92 Å². The molecule has 2 rings (SSSR count). The summed E-state index contributed by atoms with van der Waals surface area (Å²) in [5.41, 5.74) is 3.07. The van der Waals surface area contributed by atoms with Crippen molar-refractivity contribution in [3.8, 4) is 0 Å². The minimum absolute atomic E-state index is 0.00372. The van der Waals surface area contributed by atoms with Crippen molar-refractivity contribution in [2.24, 2.45) is 11.8 Å². The van der Waals surface area contributed by atoms with Gasteiger partial charge in [-0.2, -0.15) is 0 Å². The third kappa shape index (κ3) is 3.65. The first-order valence-electron chi connectivity index (χ1n) is 7.70. The van der Waals surface area contributed by atoms with Crippen LogP contribution in [0.1, 0.15) is 24.5 Å². The van der Waals surface area contributed by atoms with Crippen molar-refractivity contribution in [3.05, 3.63) is 29.3 Å². The van der Waals surface area contributed by atoms with Crippen LogP contribution in [0.3, 0.4) is 0 Å². The Morgan fingerprint density at radius 2 is 2.00 bits per heavy atom. The first kappa shape index (κ1) is 16.5. The van der Waals surface area contributed by atoms with Crippen LogP contribution in [0.2, 0.25) is 0 Å². The molecule has 1 fully saturated rings. The molecule has 5 nitrogen and oxygen atoms in total. The maximum Gasteiger partial charge on any atom is 0.239 e. The van der Waals surface area contributed by atoms with Crippen molar-refractivity contribution in [1.29, 1.82) is 0 Å². The molecule has 5 heteroatoms. The molecule has 1 aliphatic rings. The summed E-state index contributed by atoms with van der Waals surface area (Å²) in [7, 11) is 0. The number of carbonyl (C=O) groups excluding carboxylic acids is 2. The normalized spacial score (nSPS) is 19.4. The Kier molecular flexibility index (Phi) is 5.19. The Hall–Kier alpha value is -1.88. The molecule has 1 aliphatic heterocycles. The SMILES string of the molecule is Cc1cc(C)cc(N2CCC(C(=O)NCC(C)CO)C2=O)c1. The molecule has 0 radical (unpaired) electrons. The standard InChI is InChI=1S/C17H24N2O3/c1-11-6-12(2)8-14(7-11)19-5-4-15(17(19)22)16(21)18-9-13(3)10-20/h6-8,13,15,20H,4-5,9-10H2,1-3H3,(H,18,21). The summed E-state index contributed by atoms with van der Waals surface area (Å²) in [6.45, 7) is 6.82. The molecular formula is C17H24N2O3. The molecule has 0 aliphatic carbocycles. The van der Waals surface area contributed by atoms with Gasteiger partial charge in [0.15, 0.2) is 0 Å². The van der Waals surface area contributed by atoms with E-state index in [1.165, 1.54) is 0 Å². The van der Waals surface area contributed by atoms with Gasteiger partial charge in [-0.3, -0.25) is 9.59 Å². The molecule has 2 amide bonds. The number of anilines is 1. The molecule has 2 unspecified atom stereocenters. The lowest BCUT2D eigenvalue weighted by Crippen LogP contribution is -2.39. The van der Waals surface area contributed by atoms with Gasteiger partial charge in [-0.15, -0.1) is 0 Å².